The molecule has 3 aromatic rings. The monoisotopic (exact) mass is 446 g/mol. The Hall–Kier alpha value is -2.65. The van der Waals surface area contributed by atoms with Gasteiger partial charge in [-0.05, 0) is 24.3 Å². The summed E-state index contributed by atoms with van der Waals surface area (Å²) in [4.78, 5) is 28.3. The number of benzene rings is 2. The van der Waals surface area contributed by atoms with Gasteiger partial charge in [-0.2, -0.15) is 0 Å². The summed E-state index contributed by atoms with van der Waals surface area (Å²) < 4.78 is 5.69. The molecule has 27 heavy (non-hydrogen) atoms. The van der Waals surface area contributed by atoms with Crippen molar-refractivity contribution in [2.45, 2.75) is 5.16 Å². The first-order valence-electron chi connectivity index (χ1n) is 7.85. The number of ether oxygens (including phenoxy) is 1. The fraction of sp³-hybridized carbons (Fsp3) is 0.111. The van der Waals surface area contributed by atoms with Crippen LogP contribution in [0.1, 0.15) is 10.4 Å². The largest absolute Gasteiger partial charge is 0.465 e. The number of hydrogen-bond acceptors (Lipinski definition) is 6. The van der Waals surface area contributed by atoms with Crippen LogP contribution in [0.5, 0.6) is 0 Å². The fourth-order valence-corrected chi connectivity index (χ4v) is 3.11. The van der Waals surface area contributed by atoms with Gasteiger partial charge in [-0.15, -0.1) is 5.10 Å². The summed E-state index contributed by atoms with van der Waals surface area (Å²) in [5.41, 5.74) is 1.60. The van der Waals surface area contributed by atoms with E-state index in [-0.39, 0.29) is 11.7 Å². The third-order valence-corrected chi connectivity index (χ3v) is 4.90. The molecule has 0 spiro atoms. The number of amides is 1. The van der Waals surface area contributed by atoms with E-state index in [0.29, 0.717) is 22.2 Å². The number of rotatable bonds is 6. The number of H-pyrrole nitrogens is 1. The molecule has 0 saturated carbocycles. The summed E-state index contributed by atoms with van der Waals surface area (Å²) in [6.07, 6.45) is 0. The summed E-state index contributed by atoms with van der Waals surface area (Å²) in [5.74, 6) is -0.0490. The van der Waals surface area contributed by atoms with E-state index in [1.54, 1.807) is 24.3 Å². The molecule has 1 amide bonds. The van der Waals surface area contributed by atoms with Crippen LogP contribution in [0, 0.1) is 0 Å². The van der Waals surface area contributed by atoms with Crippen molar-refractivity contribution in [2.75, 3.05) is 18.2 Å². The summed E-state index contributed by atoms with van der Waals surface area (Å²) in [6.45, 7) is 0. The van der Waals surface area contributed by atoms with Gasteiger partial charge in [0, 0.05) is 10.0 Å². The molecule has 0 fully saturated rings. The molecule has 0 aliphatic heterocycles. The van der Waals surface area contributed by atoms with Crippen molar-refractivity contribution in [1.82, 2.24) is 15.2 Å². The molecule has 0 aliphatic rings. The molecule has 7 nitrogen and oxygen atoms in total. The second kappa shape index (κ2) is 8.83. The van der Waals surface area contributed by atoms with Crippen LogP contribution in [-0.2, 0) is 9.53 Å². The number of anilines is 1. The Morgan fingerprint density at radius 1 is 1.19 bits per heavy atom. The number of nitrogens with zero attached hydrogens (tertiary/aromatic N) is 2. The number of carbonyl (C=O) groups excluding carboxylic acids is 2. The van der Waals surface area contributed by atoms with Gasteiger partial charge in [-0.3, -0.25) is 9.89 Å². The van der Waals surface area contributed by atoms with Crippen molar-refractivity contribution < 1.29 is 14.3 Å². The Morgan fingerprint density at radius 2 is 1.93 bits per heavy atom. The average Bonchev–Trinajstić information content (AvgIpc) is 3.16. The van der Waals surface area contributed by atoms with Crippen molar-refractivity contribution in [3.8, 4) is 11.4 Å². The molecule has 138 valence electrons. The summed E-state index contributed by atoms with van der Waals surface area (Å²) >= 11 is 4.58. The molecule has 0 bridgehead atoms. The predicted molar refractivity (Wildman–Crippen MR) is 107 cm³/mol. The van der Waals surface area contributed by atoms with Gasteiger partial charge in [-0.1, -0.05) is 52.0 Å². The number of aromatic nitrogens is 3. The Labute approximate surface area is 168 Å². The minimum Gasteiger partial charge on any atom is -0.465 e. The number of para-hydroxylation sites is 1. The molecule has 0 unspecified atom stereocenters. The zero-order valence-corrected chi connectivity index (χ0v) is 16.6. The second-order valence-electron chi connectivity index (χ2n) is 5.35. The van der Waals surface area contributed by atoms with Crippen molar-refractivity contribution in [3.63, 3.8) is 0 Å². The van der Waals surface area contributed by atoms with Gasteiger partial charge in [0.05, 0.1) is 24.1 Å². The van der Waals surface area contributed by atoms with Crippen LogP contribution in [0.2, 0.25) is 0 Å². The molecule has 2 N–H and O–H groups in total. The quantitative estimate of drug-likeness (QED) is 0.441. The van der Waals surface area contributed by atoms with Gasteiger partial charge in [0.2, 0.25) is 11.1 Å². The van der Waals surface area contributed by atoms with Crippen LogP contribution in [-0.4, -0.2) is 39.9 Å². The first-order chi connectivity index (χ1) is 13.1. The summed E-state index contributed by atoms with van der Waals surface area (Å²) in [6, 6.07) is 14.3. The van der Waals surface area contributed by atoms with Crippen LogP contribution in [0.15, 0.2) is 58.2 Å². The zero-order valence-electron chi connectivity index (χ0n) is 14.2. The van der Waals surface area contributed by atoms with Crippen LogP contribution < -0.4 is 5.32 Å². The third kappa shape index (κ3) is 4.95. The molecule has 0 aliphatic carbocycles. The highest BCUT2D eigenvalue weighted by atomic mass is 79.9. The lowest BCUT2D eigenvalue weighted by Crippen LogP contribution is -2.17. The molecule has 0 saturated heterocycles. The molecular weight excluding hydrogens is 432 g/mol. The molecule has 0 atom stereocenters. The lowest BCUT2D eigenvalue weighted by Gasteiger charge is -2.08. The molecule has 0 radical (unpaired) electrons. The Bertz CT molecular complexity index is 959. The minimum absolute atomic E-state index is 0.104. The van der Waals surface area contributed by atoms with Crippen LogP contribution in [0.25, 0.3) is 11.4 Å². The normalized spacial score (nSPS) is 10.4. The van der Waals surface area contributed by atoms with Crippen molar-refractivity contribution in [2.24, 2.45) is 0 Å². The first-order valence-corrected chi connectivity index (χ1v) is 9.63. The van der Waals surface area contributed by atoms with E-state index in [4.69, 9.17) is 4.74 Å². The number of carbonyl (C=O) groups is 2. The zero-order chi connectivity index (χ0) is 19.2. The summed E-state index contributed by atoms with van der Waals surface area (Å²) in [7, 11) is 1.29. The highest BCUT2D eigenvalue weighted by Crippen LogP contribution is 2.22. The van der Waals surface area contributed by atoms with Gasteiger partial charge in [0.15, 0.2) is 5.82 Å². The van der Waals surface area contributed by atoms with Crippen molar-refractivity contribution in [3.05, 3.63) is 58.6 Å². The molecule has 1 heterocycles. The third-order valence-electron chi connectivity index (χ3n) is 3.52. The van der Waals surface area contributed by atoms with E-state index in [1.807, 2.05) is 24.3 Å². The lowest BCUT2D eigenvalue weighted by molar-refractivity contribution is -0.113. The van der Waals surface area contributed by atoms with Crippen LogP contribution in [0.3, 0.4) is 0 Å². The van der Waals surface area contributed by atoms with E-state index in [9.17, 15) is 9.59 Å². The fourth-order valence-electron chi connectivity index (χ4n) is 2.24. The SMILES string of the molecule is COC(=O)c1ccccc1NC(=O)CSc1n[nH]c(-c2ccc(Br)cc2)n1. The number of thioether (sulfide) groups is 1. The number of aromatic amines is 1. The van der Waals surface area contributed by atoms with Crippen LogP contribution in [0.4, 0.5) is 5.69 Å². The lowest BCUT2D eigenvalue weighted by atomic mass is 10.2. The number of halogens is 1. The number of nitrogens with one attached hydrogen (secondary N) is 2. The van der Waals surface area contributed by atoms with E-state index >= 15 is 0 Å². The van der Waals surface area contributed by atoms with Crippen LogP contribution >= 0.6 is 27.7 Å². The maximum absolute atomic E-state index is 12.2. The average molecular weight is 447 g/mol. The molecule has 9 heteroatoms. The first kappa shape index (κ1) is 19.1. The van der Waals surface area contributed by atoms with Gasteiger partial charge in [0.25, 0.3) is 0 Å². The maximum atomic E-state index is 12.2. The van der Waals surface area contributed by atoms with Crippen molar-refractivity contribution >= 4 is 45.3 Å². The van der Waals surface area contributed by atoms with Gasteiger partial charge >= 0.3 is 5.97 Å². The second-order valence-corrected chi connectivity index (χ2v) is 7.21. The van der Waals surface area contributed by atoms with Gasteiger partial charge in [-0.25, -0.2) is 9.78 Å². The number of methoxy groups -OCH3 is 1. The topological polar surface area (TPSA) is 97.0 Å². The predicted octanol–water partition coefficient (Wildman–Crippen LogP) is 3.75. The van der Waals surface area contributed by atoms with E-state index in [2.05, 4.69) is 36.4 Å². The Kier molecular flexibility index (Phi) is 6.25. The Balaban J connectivity index is 1.60. The number of esters is 1. The molecular formula is C18H15BrN4O3S. The van der Waals surface area contributed by atoms with E-state index in [0.717, 1.165) is 10.0 Å². The minimum atomic E-state index is -0.508. The van der Waals surface area contributed by atoms with Crippen molar-refractivity contribution in [1.29, 1.82) is 0 Å². The molecule has 2 aromatic carbocycles. The maximum Gasteiger partial charge on any atom is 0.339 e. The number of hydrogen-bond donors (Lipinski definition) is 2. The van der Waals surface area contributed by atoms with Gasteiger partial charge < -0.3 is 10.1 Å². The van der Waals surface area contributed by atoms with E-state index < -0.39 is 5.97 Å². The van der Waals surface area contributed by atoms with Gasteiger partial charge in [0.1, 0.15) is 0 Å². The highest BCUT2D eigenvalue weighted by molar-refractivity contribution is 9.10. The highest BCUT2D eigenvalue weighted by Gasteiger charge is 2.14. The smallest absolute Gasteiger partial charge is 0.339 e. The Morgan fingerprint density at radius 3 is 2.67 bits per heavy atom. The molecule has 1 aromatic heterocycles. The molecule has 3 rings (SSSR count). The van der Waals surface area contributed by atoms with E-state index in [1.165, 1.54) is 18.9 Å². The standard InChI is InChI=1S/C18H15BrN4O3S/c1-26-17(25)13-4-2-3-5-14(13)20-15(24)10-27-18-21-16(22-23-18)11-6-8-12(19)9-7-11/h2-9H,10H2,1H3,(H,20,24)(H,21,22,23). The summed E-state index contributed by atoms with van der Waals surface area (Å²) in [5, 5.41) is 10.1.